The first kappa shape index (κ1) is 15.5. The number of nitrogen functional groups attached to an aromatic ring is 1. The first-order chi connectivity index (χ1) is 11.1. The Hall–Kier alpha value is -2.43. The molecule has 23 heavy (non-hydrogen) atoms. The number of carbonyl (C=O) groups is 1. The van der Waals surface area contributed by atoms with E-state index in [0.29, 0.717) is 18.2 Å². The van der Waals surface area contributed by atoms with Crippen molar-refractivity contribution in [3.63, 3.8) is 0 Å². The van der Waals surface area contributed by atoms with E-state index in [9.17, 15) is 4.79 Å². The molecule has 0 radical (unpaired) electrons. The van der Waals surface area contributed by atoms with Crippen molar-refractivity contribution in [2.75, 3.05) is 18.8 Å². The van der Waals surface area contributed by atoms with Gasteiger partial charge in [0.15, 0.2) is 0 Å². The van der Waals surface area contributed by atoms with E-state index in [1.54, 1.807) is 6.20 Å². The van der Waals surface area contributed by atoms with Gasteiger partial charge in [0.1, 0.15) is 5.82 Å². The van der Waals surface area contributed by atoms with Gasteiger partial charge in [-0.05, 0) is 43.2 Å². The average Bonchev–Trinajstić information content (AvgIpc) is 3.04. The lowest BCUT2D eigenvalue weighted by molar-refractivity contribution is -0.129. The molecule has 3 rings (SSSR count). The highest BCUT2D eigenvalue weighted by molar-refractivity contribution is 5.76. The Morgan fingerprint density at radius 3 is 2.87 bits per heavy atom. The van der Waals surface area contributed by atoms with Gasteiger partial charge < -0.3 is 10.6 Å². The van der Waals surface area contributed by atoms with E-state index in [0.717, 1.165) is 42.0 Å². The molecule has 5 heteroatoms. The molecule has 3 heterocycles. The largest absolute Gasteiger partial charge is 0.384 e. The van der Waals surface area contributed by atoms with E-state index in [4.69, 9.17) is 10.7 Å². The first-order valence-corrected chi connectivity index (χ1v) is 8.05. The third-order valence-electron chi connectivity index (χ3n) is 4.35. The van der Waals surface area contributed by atoms with Crippen molar-refractivity contribution < 1.29 is 4.79 Å². The summed E-state index contributed by atoms with van der Waals surface area (Å²) in [5.74, 6) is 1.05. The van der Waals surface area contributed by atoms with Gasteiger partial charge in [-0.25, -0.2) is 4.98 Å². The van der Waals surface area contributed by atoms with Gasteiger partial charge in [0.2, 0.25) is 5.91 Å². The molecule has 1 aliphatic heterocycles. The molecule has 2 N–H and O–H groups in total. The van der Waals surface area contributed by atoms with E-state index in [-0.39, 0.29) is 5.91 Å². The molecule has 5 nitrogen and oxygen atoms in total. The zero-order chi connectivity index (χ0) is 16.4. The van der Waals surface area contributed by atoms with Crippen molar-refractivity contribution in [1.29, 1.82) is 0 Å². The van der Waals surface area contributed by atoms with E-state index >= 15 is 0 Å². The molecule has 0 aromatic carbocycles. The Labute approximate surface area is 136 Å². The van der Waals surface area contributed by atoms with Crippen LogP contribution in [0.5, 0.6) is 0 Å². The highest BCUT2D eigenvalue weighted by Crippen LogP contribution is 2.30. The Kier molecular flexibility index (Phi) is 4.28. The molecule has 1 saturated heterocycles. The van der Waals surface area contributed by atoms with Gasteiger partial charge in [0.25, 0.3) is 0 Å². The number of aryl methyl sites for hydroxylation is 1. The minimum Gasteiger partial charge on any atom is -0.384 e. The number of anilines is 1. The summed E-state index contributed by atoms with van der Waals surface area (Å²) in [6.07, 6.45) is 3.33. The number of nitrogens with two attached hydrogens (primary N) is 1. The quantitative estimate of drug-likeness (QED) is 0.946. The average molecular weight is 310 g/mol. The van der Waals surface area contributed by atoms with Crippen LogP contribution in [0.2, 0.25) is 0 Å². The van der Waals surface area contributed by atoms with Gasteiger partial charge in [0.05, 0.1) is 0 Å². The fourth-order valence-corrected chi connectivity index (χ4v) is 3.10. The molecule has 1 fully saturated rings. The molecule has 0 bridgehead atoms. The summed E-state index contributed by atoms with van der Waals surface area (Å²) >= 11 is 0. The standard InChI is InChI=1S/C18H22N4O/c1-3-18(23)22-7-6-14(11-22)16-9-15(8-12(2)21-16)13-4-5-17(19)20-10-13/h4-5,8-10,14H,3,6-7,11H2,1-2H3,(H2,19,20). The Balaban J connectivity index is 1.87. The van der Waals surface area contributed by atoms with Crippen LogP contribution in [-0.4, -0.2) is 33.9 Å². The summed E-state index contributed by atoms with van der Waals surface area (Å²) in [5.41, 5.74) is 9.83. The van der Waals surface area contributed by atoms with Crippen molar-refractivity contribution in [3.8, 4) is 11.1 Å². The van der Waals surface area contributed by atoms with Gasteiger partial charge in [-0.3, -0.25) is 9.78 Å². The number of hydrogen-bond donors (Lipinski definition) is 1. The lowest BCUT2D eigenvalue weighted by atomic mass is 9.99. The number of pyridine rings is 2. The van der Waals surface area contributed by atoms with Crippen molar-refractivity contribution in [1.82, 2.24) is 14.9 Å². The summed E-state index contributed by atoms with van der Waals surface area (Å²) in [6.45, 7) is 5.50. The Morgan fingerprint density at radius 1 is 1.35 bits per heavy atom. The molecular formula is C18H22N4O. The van der Waals surface area contributed by atoms with Gasteiger partial charge in [-0.2, -0.15) is 0 Å². The zero-order valence-electron chi connectivity index (χ0n) is 13.6. The van der Waals surface area contributed by atoms with Crippen LogP contribution in [0.15, 0.2) is 30.5 Å². The van der Waals surface area contributed by atoms with E-state index in [1.165, 1.54) is 0 Å². The second-order valence-corrected chi connectivity index (χ2v) is 6.07. The van der Waals surface area contributed by atoms with E-state index in [1.807, 2.05) is 30.9 Å². The topological polar surface area (TPSA) is 72.1 Å². The zero-order valence-corrected chi connectivity index (χ0v) is 13.6. The molecule has 0 saturated carbocycles. The van der Waals surface area contributed by atoms with Crippen LogP contribution in [0.4, 0.5) is 5.82 Å². The van der Waals surface area contributed by atoms with Crippen LogP contribution < -0.4 is 5.73 Å². The van der Waals surface area contributed by atoms with Gasteiger partial charge >= 0.3 is 0 Å². The molecule has 1 atom stereocenters. The summed E-state index contributed by atoms with van der Waals surface area (Å²) in [6, 6.07) is 7.95. The number of amides is 1. The highest BCUT2D eigenvalue weighted by Gasteiger charge is 2.27. The normalized spacial score (nSPS) is 17.5. The number of carbonyl (C=O) groups excluding carboxylic acids is 1. The predicted molar refractivity (Wildman–Crippen MR) is 90.8 cm³/mol. The van der Waals surface area contributed by atoms with Crippen molar-refractivity contribution in [3.05, 3.63) is 41.9 Å². The number of likely N-dealkylation sites (tertiary alicyclic amines) is 1. The summed E-state index contributed by atoms with van der Waals surface area (Å²) in [7, 11) is 0. The van der Waals surface area contributed by atoms with Crippen LogP contribution in [0.3, 0.4) is 0 Å². The van der Waals surface area contributed by atoms with Gasteiger partial charge in [-0.15, -0.1) is 0 Å². The Morgan fingerprint density at radius 2 is 2.17 bits per heavy atom. The summed E-state index contributed by atoms with van der Waals surface area (Å²) in [5, 5.41) is 0. The summed E-state index contributed by atoms with van der Waals surface area (Å²) in [4.78, 5) is 22.7. The summed E-state index contributed by atoms with van der Waals surface area (Å²) < 4.78 is 0. The molecule has 1 unspecified atom stereocenters. The third-order valence-corrected chi connectivity index (χ3v) is 4.35. The second kappa shape index (κ2) is 6.36. The monoisotopic (exact) mass is 310 g/mol. The predicted octanol–water partition coefficient (Wildman–Crippen LogP) is 2.76. The number of rotatable bonds is 3. The van der Waals surface area contributed by atoms with Crippen molar-refractivity contribution >= 4 is 11.7 Å². The lowest BCUT2D eigenvalue weighted by Crippen LogP contribution is -2.27. The maximum Gasteiger partial charge on any atom is 0.222 e. The van der Waals surface area contributed by atoms with Crippen LogP contribution in [0, 0.1) is 6.92 Å². The SMILES string of the molecule is CCC(=O)N1CCC(c2cc(-c3ccc(N)nc3)cc(C)n2)C1. The van der Waals surface area contributed by atoms with Crippen LogP contribution in [0.1, 0.15) is 37.1 Å². The maximum absolute atomic E-state index is 11.9. The van der Waals surface area contributed by atoms with Gasteiger partial charge in [0, 0.05) is 48.6 Å². The fraction of sp³-hybridized carbons (Fsp3) is 0.389. The highest BCUT2D eigenvalue weighted by atomic mass is 16.2. The van der Waals surface area contributed by atoms with Crippen molar-refractivity contribution in [2.24, 2.45) is 0 Å². The molecule has 1 aliphatic rings. The Bertz CT molecular complexity index is 711. The lowest BCUT2D eigenvalue weighted by Gasteiger charge is -2.16. The fourth-order valence-electron chi connectivity index (χ4n) is 3.10. The third kappa shape index (κ3) is 3.33. The molecular weight excluding hydrogens is 288 g/mol. The molecule has 120 valence electrons. The van der Waals surface area contributed by atoms with Crippen LogP contribution in [0.25, 0.3) is 11.1 Å². The van der Waals surface area contributed by atoms with Crippen molar-refractivity contribution in [2.45, 2.75) is 32.6 Å². The van der Waals surface area contributed by atoms with E-state index < -0.39 is 0 Å². The first-order valence-electron chi connectivity index (χ1n) is 8.05. The van der Waals surface area contributed by atoms with Crippen LogP contribution in [-0.2, 0) is 4.79 Å². The number of nitrogens with zero attached hydrogens (tertiary/aromatic N) is 3. The number of aromatic nitrogens is 2. The smallest absolute Gasteiger partial charge is 0.222 e. The maximum atomic E-state index is 11.9. The minimum atomic E-state index is 0.225. The molecule has 1 amide bonds. The van der Waals surface area contributed by atoms with E-state index in [2.05, 4.69) is 17.1 Å². The van der Waals surface area contributed by atoms with Crippen LogP contribution >= 0.6 is 0 Å². The van der Waals surface area contributed by atoms with Gasteiger partial charge in [-0.1, -0.05) is 6.92 Å². The second-order valence-electron chi connectivity index (χ2n) is 6.07. The molecule has 2 aromatic rings. The molecule has 0 aliphatic carbocycles. The number of hydrogen-bond acceptors (Lipinski definition) is 4. The molecule has 0 spiro atoms. The minimum absolute atomic E-state index is 0.225. The molecule has 2 aromatic heterocycles.